The monoisotopic (exact) mass is 299 g/mol. The molecule has 0 unspecified atom stereocenters. The van der Waals surface area contributed by atoms with E-state index in [1.54, 1.807) is 0 Å². The van der Waals surface area contributed by atoms with E-state index in [9.17, 15) is 4.79 Å². The SMILES string of the molecule is Cc1cccc2nc(C(=O)N3CCO[C@H]4CCCC[C@H]43)cn12. The predicted octanol–water partition coefficient (Wildman–Crippen LogP) is 2.43. The van der Waals surface area contributed by atoms with E-state index in [1.807, 2.05) is 40.6 Å². The number of aryl methyl sites for hydroxylation is 1. The van der Waals surface area contributed by atoms with Crippen LogP contribution in [0.25, 0.3) is 5.65 Å². The Kier molecular flexibility index (Phi) is 3.37. The maximum atomic E-state index is 12.9. The molecule has 1 aliphatic heterocycles. The molecule has 2 aromatic heterocycles. The summed E-state index contributed by atoms with van der Waals surface area (Å²) in [6.45, 7) is 3.33. The van der Waals surface area contributed by atoms with Crippen molar-refractivity contribution in [3.63, 3.8) is 0 Å². The van der Waals surface area contributed by atoms with E-state index in [0.717, 1.165) is 24.2 Å². The molecule has 0 radical (unpaired) electrons. The molecule has 2 aromatic rings. The van der Waals surface area contributed by atoms with Gasteiger partial charge in [0.25, 0.3) is 5.91 Å². The second-order valence-electron chi connectivity index (χ2n) is 6.28. The summed E-state index contributed by atoms with van der Waals surface area (Å²) in [5.41, 5.74) is 2.46. The van der Waals surface area contributed by atoms with Crippen molar-refractivity contribution in [3.05, 3.63) is 35.8 Å². The molecule has 1 saturated carbocycles. The molecule has 0 aromatic carbocycles. The van der Waals surface area contributed by atoms with E-state index < -0.39 is 0 Å². The van der Waals surface area contributed by atoms with Crippen LogP contribution in [0.3, 0.4) is 0 Å². The number of carbonyl (C=O) groups is 1. The number of pyridine rings is 1. The van der Waals surface area contributed by atoms with Crippen LogP contribution in [0.5, 0.6) is 0 Å². The van der Waals surface area contributed by atoms with E-state index in [2.05, 4.69) is 4.98 Å². The zero-order chi connectivity index (χ0) is 15.1. The van der Waals surface area contributed by atoms with Gasteiger partial charge in [-0.3, -0.25) is 4.79 Å². The zero-order valence-corrected chi connectivity index (χ0v) is 12.9. The van der Waals surface area contributed by atoms with Gasteiger partial charge < -0.3 is 14.0 Å². The Hall–Kier alpha value is -1.88. The molecule has 1 amide bonds. The third-order valence-electron chi connectivity index (χ3n) is 4.91. The third kappa shape index (κ3) is 2.20. The predicted molar refractivity (Wildman–Crippen MR) is 83.0 cm³/mol. The van der Waals surface area contributed by atoms with E-state index in [1.165, 1.54) is 12.8 Å². The molecule has 5 nitrogen and oxygen atoms in total. The molecular weight excluding hydrogens is 278 g/mol. The fraction of sp³-hybridized carbons (Fsp3) is 0.529. The summed E-state index contributed by atoms with van der Waals surface area (Å²) in [6.07, 6.45) is 6.57. The van der Waals surface area contributed by atoms with Crippen LogP contribution in [0, 0.1) is 6.92 Å². The van der Waals surface area contributed by atoms with Gasteiger partial charge in [0.15, 0.2) is 0 Å². The van der Waals surface area contributed by atoms with E-state index in [4.69, 9.17) is 4.74 Å². The minimum absolute atomic E-state index is 0.0447. The van der Waals surface area contributed by atoms with E-state index >= 15 is 0 Å². The van der Waals surface area contributed by atoms with Crippen LogP contribution in [0.15, 0.2) is 24.4 Å². The van der Waals surface area contributed by atoms with Crippen LogP contribution in [-0.2, 0) is 4.74 Å². The van der Waals surface area contributed by atoms with Gasteiger partial charge in [0.05, 0.1) is 18.8 Å². The molecule has 2 fully saturated rings. The molecule has 0 spiro atoms. The number of morpholine rings is 1. The Morgan fingerprint density at radius 3 is 3.05 bits per heavy atom. The number of aromatic nitrogens is 2. The van der Waals surface area contributed by atoms with Gasteiger partial charge in [-0.15, -0.1) is 0 Å². The highest BCUT2D eigenvalue weighted by Gasteiger charge is 2.37. The maximum absolute atomic E-state index is 12.9. The molecule has 1 saturated heterocycles. The number of carbonyl (C=O) groups excluding carboxylic acids is 1. The quantitative estimate of drug-likeness (QED) is 0.812. The topological polar surface area (TPSA) is 46.8 Å². The average molecular weight is 299 g/mol. The highest BCUT2D eigenvalue weighted by Crippen LogP contribution is 2.29. The van der Waals surface area contributed by atoms with Crippen molar-refractivity contribution < 1.29 is 9.53 Å². The summed E-state index contributed by atoms with van der Waals surface area (Å²) in [5.74, 6) is 0.0447. The zero-order valence-electron chi connectivity index (χ0n) is 12.9. The lowest BCUT2D eigenvalue weighted by Gasteiger charge is -2.43. The number of ether oxygens (including phenoxy) is 1. The number of rotatable bonds is 1. The Bertz CT molecular complexity index is 707. The molecule has 116 valence electrons. The lowest BCUT2D eigenvalue weighted by molar-refractivity contribution is -0.0754. The smallest absolute Gasteiger partial charge is 0.274 e. The Labute approximate surface area is 129 Å². The normalized spacial score (nSPS) is 25.2. The second-order valence-corrected chi connectivity index (χ2v) is 6.28. The van der Waals surface area contributed by atoms with Crippen molar-refractivity contribution in [2.45, 2.75) is 44.8 Å². The molecule has 22 heavy (non-hydrogen) atoms. The molecule has 4 rings (SSSR count). The highest BCUT2D eigenvalue weighted by molar-refractivity contribution is 5.93. The van der Waals surface area contributed by atoms with Crippen LogP contribution in [0.2, 0.25) is 0 Å². The number of amides is 1. The second kappa shape index (κ2) is 5.39. The van der Waals surface area contributed by atoms with Gasteiger partial charge in [0.1, 0.15) is 11.3 Å². The van der Waals surface area contributed by atoms with Gasteiger partial charge in [-0.2, -0.15) is 0 Å². The van der Waals surface area contributed by atoms with Crippen molar-refractivity contribution in [2.75, 3.05) is 13.2 Å². The van der Waals surface area contributed by atoms with Crippen molar-refractivity contribution in [1.29, 1.82) is 0 Å². The molecule has 2 aliphatic rings. The van der Waals surface area contributed by atoms with Crippen molar-refractivity contribution >= 4 is 11.6 Å². The Balaban J connectivity index is 1.65. The maximum Gasteiger partial charge on any atom is 0.274 e. The minimum atomic E-state index is 0.0447. The Morgan fingerprint density at radius 2 is 2.18 bits per heavy atom. The van der Waals surface area contributed by atoms with Crippen molar-refractivity contribution in [1.82, 2.24) is 14.3 Å². The number of fused-ring (bicyclic) bond motifs is 2. The van der Waals surface area contributed by atoms with Gasteiger partial charge in [-0.1, -0.05) is 18.9 Å². The first kappa shape index (κ1) is 13.8. The molecule has 0 N–H and O–H groups in total. The van der Waals surface area contributed by atoms with Gasteiger partial charge in [-0.05, 0) is 31.9 Å². The molecule has 3 heterocycles. The summed E-state index contributed by atoms with van der Waals surface area (Å²) in [6, 6.07) is 6.15. The molecule has 2 atom stereocenters. The largest absolute Gasteiger partial charge is 0.374 e. The molecule has 5 heteroatoms. The lowest BCUT2D eigenvalue weighted by Crippen LogP contribution is -2.54. The Morgan fingerprint density at radius 1 is 1.32 bits per heavy atom. The van der Waals surface area contributed by atoms with Crippen LogP contribution < -0.4 is 0 Å². The van der Waals surface area contributed by atoms with E-state index in [-0.39, 0.29) is 18.1 Å². The molecule has 0 bridgehead atoms. The first-order valence-electron chi connectivity index (χ1n) is 8.11. The highest BCUT2D eigenvalue weighted by atomic mass is 16.5. The van der Waals surface area contributed by atoms with Gasteiger partial charge >= 0.3 is 0 Å². The van der Waals surface area contributed by atoms with E-state index in [0.29, 0.717) is 18.8 Å². The molecular formula is C17H21N3O2. The number of imidazole rings is 1. The summed E-state index contributed by atoms with van der Waals surface area (Å²) in [4.78, 5) is 19.4. The summed E-state index contributed by atoms with van der Waals surface area (Å²) in [5, 5.41) is 0. The van der Waals surface area contributed by atoms with Crippen LogP contribution >= 0.6 is 0 Å². The number of nitrogens with zero attached hydrogens (tertiary/aromatic N) is 3. The minimum Gasteiger partial charge on any atom is -0.374 e. The third-order valence-corrected chi connectivity index (χ3v) is 4.91. The van der Waals surface area contributed by atoms with Crippen LogP contribution in [0.1, 0.15) is 41.9 Å². The van der Waals surface area contributed by atoms with Crippen molar-refractivity contribution in [2.24, 2.45) is 0 Å². The summed E-state index contributed by atoms with van der Waals surface area (Å²) >= 11 is 0. The lowest BCUT2D eigenvalue weighted by atomic mass is 9.90. The standard InChI is InChI=1S/C17H21N3O2/c1-12-5-4-8-16-18-13(11-20(12)16)17(21)19-9-10-22-15-7-3-2-6-14(15)19/h4-5,8,11,14-15H,2-3,6-7,9-10H2,1H3/t14-,15+/m1/s1. The van der Waals surface area contributed by atoms with Crippen molar-refractivity contribution in [3.8, 4) is 0 Å². The molecule has 1 aliphatic carbocycles. The summed E-state index contributed by atoms with van der Waals surface area (Å²) in [7, 11) is 0. The summed E-state index contributed by atoms with van der Waals surface area (Å²) < 4.78 is 7.83. The van der Waals surface area contributed by atoms with Crippen LogP contribution in [-0.4, -0.2) is 45.5 Å². The fourth-order valence-electron chi connectivity index (χ4n) is 3.75. The fourth-order valence-corrected chi connectivity index (χ4v) is 3.75. The first-order chi connectivity index (χ1) is 10.7. The number of hydrogen-bond acceptors (Lipinski definition) is 3. The van der Waals surface area contributed by atoms with Gasteiger partial charge in [0, 0.05) is 18.4 Å². The van der Waals surface area contributed by atoms with Crippen LogP contribution in [0.4, 0.5) is 0 Å². The van der Waals surface area contributed by atoms with Gasteiger partial charge in [-0.25, -0.2) is 4.98 Å². The first-order valence-corrected chi connectivity index (χ1v) is 8.11. The number of hydrogen-bond donors (Lipinski definition) is 0. The average Bonchev–Trinajstić information content (AvgIpc) is 2.99. The van der Waals surface area contributed by atoms with Gasteiger partial charge in [0.2, 0.25) is 0 Å².